The van der Waals surface area contributed by atoms with Gasteiger partial charge in [0.2, 0.25) is 0 Å². The van der Waals surface area contributed by atoms with Gasteiger partial charge in [-0.3, -0.25) is 4.99 Å². The van der Waals surface area contributed by atoms with Gasteiger partial charge in [0.1, 0.15) is 5.04 Å². The van der Waals surface area contributed by atoms with E-state index in [9.17, 15) is 0 Å². The van der Waals surface area contributed by atoms with Crippen LogP contribution in [0, 0.1) is 0 Å². The fourth-order valence-corrected chi connectivity index (χ4v) is 0.579. The van der Waals surface area contributed by atoms with Crippen LogP contribution in [-0.4, -0.2) is 24.9 Å². The van der Waals surface area contributed by atoms with Crippen molar-refractivity contribution >= 4 is 23.9 Å². The molecular formula is C6H13N3S. The molecule has 0 bridgehead atoms. The summed E-state index contributed by atoms with van der Waals surface area (Å²) in [6.07, 6.45) is 2.65. The molecule has 0 fully saturated rings. The molecule has 0 saturated carbocycles. The van der Waals surface area contributed by atoms with E-state index in [0.29, 0.717) is 5.04 Å². The van der Waals surface area contributed by atoms with Crippen molar-refractivity contribution in [3.05, 3.63) is 0 Å². The zero-order chi connectivity index (χ0) is 7.82. The highest BCUT2D eigenvalue weighted by atomic mass is 32.1. The lowest BCUT2D eigenvalue weighted by atomic mass is 10.5. The Balaban J connectivity index is 3.47. The van der Waals surface area contributed by atoms with E-state index in [2.05, 4.69) is 35.1 Å². The molecule has 0 amide bonds. The minimum absolute atomic E-state index is 0.607. The van der Waals surface area contributed by atoms with E-state index >= 15 is 0 Å². The van der Waals surface area contributed by atoms with Gasteiger partial charge in [0.25, 0.3) is 0 Å². The maximum absolute atomic E-state index is 4.02. The molecule has 10 heavy (non-hydrogen) atoms. The maximum Gasteiger partial charge on any atom is 0.131 e. The van der Waals surface area contributed by atoms with E-state index in [1.165, 1.54) is 0 Å². The summed E-state index contributed by atoms with van der Waals surface area (Å²) >= 11 is 4.02. The summed E-state index contributed by atoms with van der Waals surface area (Å²) in [4.78, 5) is 3.74. The number of hydrazone groups is 1. The van der Waals surface area contributed by atoms with Crippen LogP contribution in [0.5, 0.6) is 0 Å². The van der Waals surface area contributed by atoms with E-state index < -0.39 is 0 Å². The van der Waals surface area contributed by atoms with Crippen LogP contribution in [0.4, 0.5) is 0 Å². The van der Waals surface area contributed by atoms with Crippen molar-refractivity contribution in [1.82, 2.24) is 5.43 Å². The Bertz CT molecular complexity index is 131. The van der Waals surface area contributed by atoms with Gasteiger partial charge >= 0.3 is 0 Å². The highest BCUT2D eigenvalue weighted by molar-refractivity contribution is 7.99. The molecule has 4 heteroatoms. The smallest absolute Gasteiger partial charge is 0.131 e. The molecule has 0 unspecified atom stereocenters. The summed E-state index contributed by atoms with van der Waals surface area (Å²) in [5, 5.41) is 4.49. The molecule has 0 rings (SSSR count). The minimum Gasteiger partial charge on any atom is -0.309 e. The summed E-state index contributed by atoms with van der Waals surface area (Å²) in [7, 11) is 1.69. The van der Waals surface area contributed by atoms with Gasteiger partial charge in [0.05, 0.1) is 6.21 Å². The van der Waals surface area contributed by atoms with Crippen LogP contribution >= 0.6 is 12.6 Å². The third-order valence-corrected chi connectivity index (χ3v) is 1.02. The van der Waals surface area contributed by atoms with Gasteiger partial charge in [-0.15, -0.1) is 12.6 Å². The first-order valence-corrected chi connectivity index (χ1v) is 3.67. The second-order valence-electron chi connectivity index (χ2n) is 1.77. The summed E-state index contributed by atoms with van der Waals surface area (Å²) in [5.41, 5.74) is 2.84. The fourth-order valence-electron chi connectivity index (χ4n) is 0.393. The first-order chi connectivity index (χ1) is 4.81. The Morgan fingerprint density at radius 2 is 2.40 bits per heavy atom. The topological polar surface area (TPSA) is 36.8 Å². The van der Waals surface area contributed by atoms with E-state index in [1.807, 2.05) is 0 Å². The minimum atomic E-state index is 0.607. The maximum atomic E-state index is 4.02. The van der Waals surface area contributed by atoms with E-state index in [4.69, 9.17) is 0 Å². The van der Waals surface area contributed by atoms with Crippen molar-refractivity contribution in [2.75, 3.05) is 13.6 Å². The predicted molar refractivity (Wildman–Crippen MR) is 49.1 cm³/mol. The number of nitrogens with one attached hydrogen (secondary N) is 1. The molecule has 0 saturated heterocycles. The molecule has 0 atom stereocenters. The van der Waals surface area contributed by atoms with Crippen LogP contribution in [0.3, 0.4) is 0 Å². The normalized spacial score (nSPS) is 12.5. The second-order valence-corrected chi connectivity index (χ2v) is 2.22. The van der Waals surface area contributed by atoms with Crippen molar-refractivity contribution < 1.29 is 0 Å². The lowest BCUT2D eigenvalue weighted by Gasteiger charge is -1.94. The van der Waals surface area contributed by atoms with Crippen LogP contribution in [-0.2, 0) is 0 Å². The van der Waals surface area contributed by atoms with Crippen LogP contribution in [0.15, 0.2) is 10.1 Å². The van der Waals surface area contributed by atoms with Gasteiger partial charge < -0.3 is 5.43 Å². The molecule has 58 valence electrons. The fraction of sp³-hybridized carbons (Fsp3) is 0.667. The first-order valence-electron chi connectivity index (χ1n) is 3.23. The molecule has 0 aliphatic heterocycles. The zero-order valence-corrected chi connectivity index (χ0v) is 7.23. The summed E-state index contributed by atoms with van der Waals surface area (Å²) in [5.74, 6) is 0. The lowest BCUT2D eigenvalue weighted by Crippen LogP contribution is -2.08. The van der Waals surface area contributed by atoms with Gasteiger partial charge in [0.15, 0.2) is 0 Å². The van der Waals surface area contributed by atoms with Gasteiger partial charge in [-0.05, 0) is 6.42 Å². The molecule has 3 nitrogen and oxygen atoms in total. The van der Waals surface area contributed by atoms with Crippen LogP contribution < -0.4 is 5.43 Å². The number of nitrogens with zero attached hydrogens (tertiary/aromatic N) is 2. The largest absolute Gasteiger partial charge is 0.309 e. The van der Waals surface area contributed by atoms with Crippen LogP contribution in [0.2, 0.25) is 0 Å². The van der Waals surface area contributed by atoms with E-state index in [-0.39, 0.29) is 0 Å². The molecule has 0 aromatic heterocycles. The number of rotatable bonds is 4. The number of hydrogen-bond donors (Lipinski definition) is 2. The predicted octanol–water partition coefficient (Wildman–Crippen LogP) is 0.930. The molecule has 0 aliphatic carbocycles. The van der Waals surface area contributed by atoms with E-state index in [0.717, 1.165) is 13.0 Å². The SMILES string of the molecule is CCCN/N=C(S)\C=N/C. The molecule has 0 spiro atoms. The number of hydrogen-bond acceptors (Lipinski definition) is 3. The Morgan fingerprint density at radius 3 is 2.90 bits per heavy atom. The first kappa shape index (κ1) is 9.49. The third-order valence-electron chi connectivity index (χ3n) is 0.800. The van der Waals surface area contributed by atoms with Crippen LogP contribution in [0.1, 0.15) is 13.3 Å². The Labute approximate surface area is 67.0 Å². The van der Waals surface area contributed by atoms with Crippen molar-refractivity contribution in [1.29, 1.82) is 0 Å². The lowest BCUT2D eigenvalue weighted by molar-refractivity contribution is 0.719. The average Bonchev–Trinajstić information content (AvgIpc) is 1.89. The summed E-state index contributed by atoms with van der Waals surface area (Å²) in [6.45, 7) is 2.95. The second kappa shape index (κ2) is 6.61. The molecule has 0 heterocycles. The summed E-state index contributed by atoms with van der Waals surface area (Å²) in [6, 6.07) is 0. The van der Waals surface area contributed by atoms with Crippen molar-refractivity contribution in [2.45, 2.75) is 13.3 Å². The monoisotopic (exact) mass is 159 g/mol. The standard InChI is InChI=1S/C6H13N3S/c1-3-4-8-9-6(10)5-7-2/h5,8H,3-4H2,1-2H3,(H,9,10)/b7-5-. The highest BCUT2D eigenvalue weighted by Crippen LogP contribution is 1.78. The molecule has 1 N–H and O–H groups in total. The Hall–Kier alpha value is -0.510. The number of thiol groups is 1. The Kier molecular flexibility index (Phi) is 6.27. The van der Waals surface area contributed by atoms with Crippen LogP contribution in [0.25, 0.3) is 0 Å². The molecule has 0 aromatic carbocycles. The van der Waals surface area contributed by atoms with Gasteiger partial charge in [-0.1, -0.05) is 6.92 Å². The Morgan fingerprint density at radius 1 is 1.70 bits per heavy atom. The third kappa shape index (κ3) is 5.62. The molecule has 0 radical (unpaired) electrons. The van der Waals surface area contributed by atoms with Crippen molar-refractivity contribution in [3.8, 4) is 0 Å². The van der Waals surface area contributed by atoms with E-state index in [1.54, 1.807) is 13.3 Å². The van der Waals surface area contributed by atoms with Crippen molar-refractivity contribution in [3.63, 3.8) is 0 Å². The highest BCUT2D eigenvalue weighted by Gasteiger charge is 1.81. The van der Waals surface area contributed by atoms with Gasteiger partial charge in [0, 0.05) is 13.6 Å². The number of aliphatic imine (C=N–C) groups is 1. The average molecular weight is 159 g/mol. The molecule has 0 aromatic rings. The van der Waals surface area contributed by atoms with Crippen molar-refractivity contribution in [2.24, 2.45) is 10.1 Å². The zero-order valence-electron chi connectivity index (χ0n) is 6.33. The van der Waals surface area contributed by atoms with Gasteiger partial charge in [-0.2, -0.15) is 5.10 Å². The van der Waals surface area contributed by atoms with Gasteiger partial charge in [-0.25, -0.2) is 0 Å². The summed E-state index contributed by atoms with van der Waals surface area (Å²) < 4.78 is 0. The quantitative estimate of drug-likeness (QED) is 0.207. The molecule has 0 aliphatic rings. The molecular weight excluding hydrogens is 146 g/mol.